The summed E-state index contributed by atoms with van der Waals surface area (Å²) in [6, 6.07) is 11.7. The molecule has 0 bridgehead atoms. The summed E-state index contributed by atoms with van der Waals surface area (Å²) in [7, 11) is 0. The van der Waals surface area contributed by atoms with Crippen LogP contribution in [0.4, 0.5) is 5.69 Å². The molecule has 1 saturated heterocycles. The third-order valence-electron chi connectivity index (χ3n) is 4.86. The number of esters is 1. The molecule has 3 rings (SSSR count). The fraction of sp³-hybridized carbons (Fsp3) is 0.273. The van der Waals surface area contributed by atoms with Gasteiger partial charge in [0.25, 0.3) is 11.8 Å². The first-order valence-corrected chi connectivity index (χ1v) is 10.6. The Morgan fingerprint density at radius 1 is 1.12 bits per heavy atom. The Bertz CT molecular complexity index is 1040. The Balaban J connectivity index is 1.48. The molecule has 1 heterocycles. The average molecular weight is 478 g/mol. The molecule has 32 heavy (non-hydrogen) atoms. The van der Waals surface area contributed by atoms with E-state index in [0.29, 0.717) is 10.7 Å². The van der Waals surface area contributed by atoms with Crippen molar-refractivity contribution in [1.29, 1.82) is 0 Å². The molecule has 3 amide bonds. The molecular formula is C22H21Cl2N3O5. The molecule has 0 spiro atoms. The third-order valence-corrected chi connectivity index (χ3v) is 5.41. The van der Waals surface area contributed by atoms with Crippen LogP contribution in [0.1, 0.15) is 29.3 Å². The first-order valence-electron chi connectivity index (χ1n) is 9.88. The summed E-state index contributed by atoms with van der Waals surface area (Å²) in [4.78, 5) is 48.9. The van der Waals surface area contributed by atoms with Crippen LogP contribution in [0.15, 0.2) is 42.5 Å². The normalized spacial score (nSPS) is 15.4. The molecule has 1 fully saturated rings. The highest BCUT2D eigenvalue weighted by molar-refractivity contribution is 6.36. The first kappa shape index (κ1) is 23.6. The highest BCUT2D eigenvalue weighted by atomic mass is 35.5. The molecule has 8 nitrogen and oxygen atoms in total. The number of carbonyl (C=O) groups excluding carboxylic acids is 4. The van der Waals surface area contributed by atoms with Gasteiger partial charge in [-0.1, -0.05) is 42.3 Å². The van der Waals surface area contributed by atoms with Gasteiger partial charge in [-0.05, 0) is 42.3 Å². The van der Waals surface area contributed by atoms with Gasteiger partial charge in [0.1, 0.15) is 0 Å². The summed E-state index contributed by atoms with van der Waals surface area (Å²) >= 11 is 11.8. The van der Waals surface area contributed by atoms with Crippen LogP contribution in [-0.2, 0) is 25.5 Å². The van der Waals surface area contributed by atoms with E-state index in [1.54, 1.807) is 12.1 Å². The van der Waals surface area contributed by atoms with Gasteiger partial charge in [-0.2, -0.15) is 0 Å². The summed E-state index contributed by atoms with van der Waals surface area (Å²) in [6.07, 6.45) is 0.740. The molecule has 10 heteroatoms. The molecule has 1 aliphatic heterocycles. The predicted molar refractivity (Wildman–Crippen MR) is 119 cm³/mol. The van der Waals surface area contributed by atoms with E-state index in [-0.39, 0.29) is 23.6 Å². The van der Waals surface area contributed by atoms with Gasteiger partial charge >= 0.3 is 5.97 Å². The molecule has 1 atom stereocenters. The minimum absolute atomic E-state index is 0.0747. The summed E-state index contributed by atoms with van der Waals surface area (Å²) < 4.78 is 5.05. The lowest BCUT2D eigenvalue weighted by atomic mass is 10.1. The van der Waals surface area contributed by atoms with Crippen molar-refractivity contribution in [2.75, 3.05) is 18.5 Å². The van der Waals surface area contributed by atoms with Crippen LogP contribution in [0.5, 0.6) is 0 Å². The fourth-order valence-electron chi connectivity index (χ4n) is 3.11. The van der Waals surface area contributed by atoms with Crippen molar-refractivity contribution in [2.45, 2.75) is 19.8 Å². The zero-order valence-electron chi connectivity index (χ0n) is 17.2. The summed E-state index contributed by atoms with van der Waals surface area (Å²) in [5, 5.41) is 4.18. The van der Waals surface area contributed by atoms with Gasteiger partial charge in [-0.15, -0.1) is 0 Å². The number of amides is 3. The lowest BCUT2D eigenvalue weighted by molar-refractivity contribution is -0.151. The van der Waals surface area contributed by atoms with Crippen molar-refractivity contribution in [1.82, 2.24) is 10.4 Å². The highest BCUT2D eigenvalue weighted by Crippen LogP contribution is 2.22. The molecule has 0 unspecified atom stereocenters. The number of halogens is 2. The van der Waals surface area contributed by atoms with E-state index < -0.39 is 36.2 Å². The third kappa shape index (κ3) is 5.99. The molecule has 0 aromatic heterocycles. The Hall–Kier alpha value is -3.10. The maximum absolute atomic E-state index is 12.4. The Morgan fingerprint density at radius 2 is 1.84 bits per heavy atom. The van der Waals surface area contributed by atoms with Gasteiger partial charge < -0.3 is 10.1 Å². The molecule has 168 valence electrons. The lowest BCUT2D eigenvalue weighted by Crippen LogP contribution is -2.43. The van der Waals surface area contributed by atoms with Gasteiger partial charge in [0.2, 0.25) is 5.91 Å². The number of carbonyl (C=O) groups is 4. The van der Waals surface area contributed by atoms with Crippen molar-refractivity contribution in [2.24, 2.45) is 5.92 Å². The standard InChI is InChI=1S/C22H21Cl2N3O5/c1-2-13-3-6-16(7-4-13)25-19(28)12-32-22(31)14-9-20(29)27(11-14)26-21(30)17-8-5-15(23)10-18(17)24/h3-8,10,14H,2,9,11-12H2,1H3,(H,25,28)(H,26,30)/t14-/m1/s1. The van der Waals surface area contributed by atoms with Gasteiger partial charge in [0.15, 0.2) is 6.61 Å². The average Bonchev–Trinajstić information content (AvgIpc) is 3.12. The molecule has 0 saturated carbocycles. The maximum Gasteiger partial charge on any atom is 0.311 e. The van der Waals surface area contributed by atoms with E-state index in [2.05, 4.69) is 10.7 Å². The predicted octanol–water partition coefficient (Wildman–Crippen LogP) is 3.23. The zero-order valence-corrected chi connectivity index (χ0v) is 18.7. The largest absolute Gasteiger partial charge is 0.455 e. The van der Waals surface area contributed by atoms with Crippen molar-refractivity contribution in [3.63, 3.8) is 0 Å². The summed E-state index contributed by atoms with van der Waals surface area (Å²) in [6.45, 7) is 1.47. The second kappa shape index (κ2) is 10.5. The molecule has 0 aliphatic carbocycles. The monoisotopic (exact) mass is 477 g/mol. The van der Waals surface area contributed by atoms with Gasteiger partial charge in [0.05, 0.1) is 23.0 Å². The molecule has 1 aliphatic rings. The van der Waals surface area contributed by atoms with E-state index in [4.69, 9.17) is 27.9 Å². The minimum atomic E-state index is -0.805. The second-order valence-electron chi connectivity index (χ2n) is 7.18. The van der Waals surface area contributed by atoms with Crippen LogP contribution in [-0.4, -0.2) is 41.9 Å². The van der Waals surface area contributed by atoms with Crippen LogP contribution in [0.2, 0.25) is 10.0 Å². The van der Waals surface area contributed by atoms with E-state index in [1.807, 2.05) is 19.1 Å². The number of anilines is 1. The number of nitrogens with one attached hydrogen (secondary N) is 2. The lowest BCUT2D eigenvalue weighted by Gasteiger charge is -2.18. The number of nitrogens with zero attached hydrogens (tertiary/aromatic N) is 1. The maximum atomic E-state index is 12.4. The Labute approximate surface area is 194 Å². The number of aryl methyl sites for hydroxylation is 1. The van der Waals surface area contributed by atoms with Crippen molar-refractivity contribution >= 4 is 52.6 Å². The van der Waals surface area contributed by atoms with Crippen LogP contribution in [0.3, 0.4) is 0 Å². The summed E-state index contributed by atoms with van der Waals surface area (Å²) in [5.41, 5.74) is 4.29. The van der Waals surface area contributed by atoms with Crippen molar-refractivity contribution in [3.05, 3.63) is 63.6 Å². The van der Waals surface area contributed by atoms with Crippen LogP contribution in [0.25, 0.3) is 0 Å². The number of hydrazine groups is 1. The topological polar surface area (TPSA) is 105 Å². The quantitative estimate of drug-likeness (QED) is 0.595. The second-order valence-corrected chi connectivity index (χ2v) is 8.02. The van der Waals surface area contributed by atoms with Crippen LogP contribution >= 0.6 is 23.2 Å². The van der Waals surface area contributed by atoms with Gasteiger partial charge in [-0.3, -0.25) is 29.6 Å². The van der Waals surface area contributed by atoms with Crippen LogP contribution < -0.4 is 10.7 Å². The van der Waals surface area contributed by atoms with Crippen LogP contribution in [0, 0.1) is 5.92 Å². The first-order chi connectivity index (χ1) is 15.3. The zero-order chi connectivity index (χ0) is 23.3. The number of hydrogen-bond donors (Lipinski definition) is 2. The molecule has 0 radical (unpaired) electrons. The van der Waals surface area contributed by atoms with E-state index in [1.165, 1.54) is 18.2 Å². The van der Waals surface area contributed by atoms with Crippen molar-refractivity contribution in [3.8, 4) is 0 Å². The number of ether oxygens (including phenoxy) is 1. The molecular weight excluding hydrogens is 457 g/mol. The SMILES string of the molecule is CCc1ccc(NC(=O)COC(=O)[C@@H]2CC(=O)N(NC(=O)c3ccc(Cl)cc3Cl)C2)cc1. The number of rotatable bonds is 7. The van der Waals surface area contributed by atoms with E-state index in [0.717, 1.165) is 17.0 Å². The van der Waals surface area contributed by atoms with E-state index >= 15 is 0 Å². The Kier molecular flexibility index (Phi) is 7.71. The fourth-order valence-corrected chi connectivity index (χ4v) is 3.60. The van der Waals surface area contributed by atoms with E-state index in [9.17, 15) is 19.2 Å². The number of benzene rings is 2. The summed E-state index contributed by atoms with van der Waals surface area (Å²) in [5.74, 6) is -3.06. The number of hydrogen-bond acceptors (Lipinski definition) is 5. The minimum Gasteiger partial charge on any atom is -0.455 e. The highest BCUT2D eigenvalue weighted by Gasteiger charge is 2.37. The molecule has 2 aromatic carbocycles. The van der Waals surface area contributed by atoms with Gasteiger partial charge in [-0.25, -0.2) is 0 Å². The molecule has 2 aromatic rings. The van der Waals surface area contributed by atoms with Crippen molar-refractivity contribution < 1.29 is 23.9 Å². The Morgan fingerprint density at radius 3 is 2.50 bits per heavy atom. The molecule has 2 N–H and O–H groups in total. The van der Waals surface area contributed by atoms with Gasteiger partial charge in [0, 0.05) is 17.1 Å². The smallest absolute Gasteiger partial charge is 0.311 e.